The van der Waals surface area contributed by atoms with Crippen LogP contribution < -0.4 is 5.73 Å². The normalized spacial score (nSPS) is 38.6. The molecule has 1 rings (SSSR count). The number of hydrogen-bond donors (Lipinski definition) is 6. The summed E-state index contributed by atoms with van der Waals surface area (Å²) in [6.45, 7) is -0.777. The molecule has 2 unspecified atom stereocenters. The molecule has 0 amide bonds. The molecule has 1 fully saturated rings. The average Bonchev–Trinajstić information content (AvgIpc) is 2.40. The summed E-state index contributed by atoms with van der Waals surface area (Å²) in [4.78, 5) is 11.4. The van der Waals surface area contributed by atoms with E-state index in [4.69, 9.17) is 15.6 Å². The van der Waals surface area contributed by atoms with Gasteiger partial charge in [-0.25, -0.2) is 4.79 Å². The van der Waals surface area contributed by atoms with Crippen LogP contribution in [0.1, 0.15) is 6.42 Å². The van der Waals surface area contributed by atoms with Crippen LogP contribution in [0.25, 0.3) is 0 Å². The van der Waals surface area contributed by atoms with Gasteiger partial charge in [0.05, 0.1) is 25.9 Å². The molecule has 0 aromatic heterocycles. The van der Waals surface area contributed by atoms with Crippen LogP contribution in [0.3, 0.4) is 0 Å². The standard InChI is InChI=1S/C10H19NO8/c1-18-9(16)10(17)2-4(13)6(11)8(19-10)7(15)5(14)3-12/h4-8,12-15,17H,2-3,11H2,1H3/t4-,5-,6-,7?,8?,10+/m1/s1. The number of carbonyl (C=O) groups excluding carboxylic acids is 1. The lowest BCUT2D eigenvalue weighted by Gasteiger charge is -2.43. The molecule has 19 heavy (non-hydrogen) atoms. The van der Waals surface area contributed by atoms with Crippen LogP contribution >= 0.6 is 0 Å². The van der Waals surface area contributed by atoms with E-state index in [1.807, 2.05) is 0 Å². The number of aliphatic hydroxyl groups excluding tert-OH is 4. The van der Waals surface area contributed by atoms with E-state index in [1.54, 1.807) is 0 Å². The van der Waals surface area contributed by atoms with Gasteiger partial charge in [-0.2, -0.15) is 0 Å². The molecule has 0 aromatic rings. The van der Waals surface area contributed by atoms with Gasteiger partial charge in [0.15, 0.2) is 0 Å². The van der Waals surface area contributed by atoms with Crippen molar-refractivity contribution in [3.05, 3.63) is 0 Å². The summed E-state index contributed by atoms with van der Waals surface area (Å²) in [6.07, 6.45) is -6.62. The molecule has 1 heterocycles. The highest BCUT2D eigenvalue weighted by atomic mass is 16.7. The predicted molar refractivity (Wildman–Crippen MR) is 59.5 cm³/mol. The van der Waals surface area contributed by atoms with Gasteiger partial charge < -0.3 is 40.7 Å². The van der Waals surface area contributed by atoms with Crippen molar-refractivity contribution in [3.8, 4) is 0 Å². The number of rotatable bonds is 4. The monoisotopic (exact) mass is 281 g/mol. The second-order valence-corrected chi connectivity index (χ2v) is 4.45. The Morgan fingerprint density at radius 2 is 2.16 bits per heavy atom. The highest BCUT2D eigenvalue weighted by Crippen LogP contribution is 2.30. The first-order valence-electron chi connectivity index (χ1n) is 5.66. The molecule has 0 radical (unpaired) electrons. The zero-order valence-electron chi connectivity index (χ0n) is 10.3. The lowest BCUT2D eigenvalue weighted by atomic mass is 9.89. The molecular weight excluding hydrogens is 262 g/mol. The quantitative estimate of drug-likeness (QED) is 0.282. The first kappa shape index (κ1) is 16.2. The lowest BCUT2D eigenvalue weighted by Crippen LogP contribution is -2.65. The van der Waals surface area contributed by atoms with Crippen molar-refractivity contribution in [2.24, 2.45) is 5.73 Å². The second-order valence-electron chi connectivity index (χ2n) is 4.45. The minimum atomic E-state index is -2.47. The van der Waals surface area contributed by atoms with E-state index in [0.29, 0.717) is 0 Å². The molecule has 1 saturated heterocycles. The van der Waals surface area contributed by atoms with Crippen LogP contribution in [0.2, 0.25) is 0 Å². The van der Waals surface area contributed by atoms with Gasteiger partial charge in [-0.05, 0) is 0 Å². The number of nitrogens with two attached hydrogens (primary N) is 1. The second kappa shape index (κ2) is 6.09. The van der Waals surface area contributed by atoms with Crippen molar-refractivity contribution >= 4 is 5.97 Å². The fourth-order valence-corrected chi connectivity index (χ4v) is 1.91. The summed E-state index contributed by atoms with van der Waals surface area (Å²) in [5.41, 5.74) is 5.59. The Morgan fingerprint density at radius 3 is 2.63 bits per heavy atom. The Morgan fingerprint density at radius 1 is 1.58 bits per heavy atom. The highest BCUT2D eigenvalue weighted by molar-refractivity contribution is 5.77. The van der Waals surface area contributed by atoms with Gasteiger partial charge in [0, 0.05) is 6.42 Å². The SMILES string of the molecule is COC(=O)[C@]1(O)C[C@@H](O)[C@@H](N)C(C(O)[C@H](O)CO)O1. The largest absolute Gasteiger partial charge is 0.465 e. The van der Waals surface area contributed by atoms with Gasteiger partial charge in [-0.1, -0.05) is 0 Å². The molecule has 1 aliphatic rings. The van der Waals surface area contributed by atoms with Crippen molar-refractivity contribution < 1.29 is 39.8 Å². The fourth-order valence-electron chi connectivity index (χ4n) is 1.91. The topological polar surface area (TPSA) is 163 Å². The lowest BCUT2D eigenvalue weighted by molar-refractivity contribution is -0.294. The van der Waals surface area contributed by atoms with Crippen molar-refractivity contribution in [1.82, 2.24) is 0 Å². The molecule has 0 aromatic carbocycles. The third-order valence-electron chi connectivity index (χ3n) is 3.06. The summed E-state index contributed by atoms with van der Waals surface area (Å²) in [6, 6.07) is -1.15. The van der Waals surface area contributed by atoms with Crippen LogP contribution in [0, 0.1) is 0 Å². The zero-order chi connectivity index (χ0) is 14.8. The Bertz CT molecular complexity index is 327. The molecule has 1 aliphatic heterocycles. The van der Waals surface area contributed by atoms with Gasteiger partial charge in [-0.15, -0.1) is 0 Å². The minimum absolute atomic E-state index is 0.528. The van der Waals surface area contributed by atoms with Crippen LogP contribution in [0.5, 0.6) is 0 Å². The van der Waals surface area contributed by atoms with E-state index in [9.17, 15) is 25.2 Å². The zero-order valence-corrected chi connectivity index (χ0v) is 10.3. The third kappa shape index (κ3) is 3.20. The van der Waals surface area contributed by atoms with Gasteiger partial charge in [-0.3, -0.25) is 0 Å². The number of hydrogen-bond acceptors (Lipinski definition) is 9. The molecule has 112 valence electrons. The number of ether oxygens (including phenoxy) is 2. The molecule has 0 bridgehead atoms. The van der Waals surface area contributed by atoms with Crippen LogP contribution in [-0.2, 0) is 14.3 Å². The number of carbonyl (C=O) groups is 1. The number of esters is 1. The number of aliphatic hydroxyl groups is 5. The third-order valence-corrected chi connectivity index (χ3v) is 3.06. The van der Waals surface area contributed by atoms with Crippen molar-refractivity contribution in [2.45, 2.75) is 42.7 Å². The molecular formula is C10H19NO8. The molecule has 0 spiro atoms. The van der Waals surface area contributed by atoms with Crippen LogP contribution in [-0.4, -0.2) is 81.5 Å². The van der Waals surface area contributed by atoms with E-state index >= 15 is 0 Å². The Labute approximate surface area is 109 Å². The number of methoxy groups -OCH3 is 1. The van der Waals surface area contributed by atoms with Crippen LogP contribution in [0.15, 0.2) is 0 Å². The molecule has 9 heteroatoms. The predicted octanol–water partition coefficient (Wildman–Crippen LogP) is -3.96. The Hall–Kier alpha value is -0.810. The fraction of sp³-hybridized carbons (Fsp3) is 0.900. The molecule has 0 saturated carbocycles. The Balaban J connectivity index is 2.94. The first-order chi connectivity index (χ1) is 8.76. The summed E-state index contributed by atoms with van der Waals surface area (Å²) in [5.74, 6) is -3.63. The summed E-state index contributed by atoms with van der Waals surface area (Å²) in [7, 11) is 1.01. The van der Waals surface area contributed by atoms with Crippen molar-refractivity contribution in [3.63, 3.8) is 0 Å². The van der Waals surface area contributed by atoms with Crippen molar-refractivity contribution in [1.29, 1.82) is 0 Å². The van der Waals surface area contributed by atoms with E-state index < -0.39 is 55.2 Å². The minimum Gasteiger partial charge on any atom is -0.465 e. The average molecular weight is 281 g/mol. The van der Waals surface area contributed by atoms with Gasteiger partial charge >= 0.3 is 5.97 Å². The maximum absolute atomic E-state index is 11.4. The van der Waals surface area contributed by atoms with E-state index in [-0.39, 0.29) is 0 Å². The molecule has 6 atom stereocenters. The van der Waals surface area contributed by atoms with E-state index in [1.165, 1.54) is 0 Å². The molecule has 9 nitrogen and oxygen atoms in total. The van der Waals surface area contributed by atoms with E-state index in [2.05, 4.69) is 4.74 Å². The highest BCUT2D eigenvalue weighted by Gasteiger charge is 2.52. The van der Waals surface area contributed by atoms with Gasteiger partial charge in [0.25, 0.3) is 5.79 Å². The van der Waals surface area contributed by atoms with Crippen LogP contribution in [0.4, 0.5) is 0 Å². The maximum atomic E-state index is 11.4. The van der Waals surface area contributed by atoms with Crippen molar-refractivity contribution in [2.75, 3.05) is 13.7 Å². The smallest absolute Gasteiger partial charge is 0.366 e. The van der Waals surface area contributed by atoms with Gasteiger partial charge in [0.2, 0.25) is 0 Å². The summed E-state index contributed by atoms with van der Waals surface area (Å²) in [5, 5.41) is 47.4. The van der Waals surface area contributed by atoms with Gasteiger partial charge in [0.1, 0.15) is 18.3 Å². The summed E-state index contributed by atoms with van der Waals surface area (Å²) >= 11 is 0. The van der Waals surface area contributed by atoms with E-state index in [0.717, 1.165) is 7.11 Å². The first-order valence-corrected chi connectivity index (χ1v) is 5.66. The maximum Gasteiger partial charge on any atom is 0.366 e. The molecule has 7 N–H and O–H groups in total. The summed E-state index contributed by atoms with van der Waals surface area (Å²) < 4.78 is 9.30. The molecule has 0 aliphatic carbocycles. The Kier molecular flexibility index (Phi) is 5.21.